The highest BCUT2D eigenvalue weighted by atomic mass is 32.2. The van der Waals surface area contributed by atoms with E-state index < -0.39 is 16.1 Å². The molecule has 0 aliphatic rings. The third kappa shape index (κ3) is 5.69. The van der Waals surface area contributed by atoms with Gasteiger partial charge in [-0.25, -0.2) is 8.42 Å². The highest BCUT2D eigenvalue weighted by Crippen LogP contribution is 2.14. The average Bonchev–Trinajstić information content (AvgIpc) is 2.30. The van der Waals surface area contributed by atoms with E-state index in [1.807, 2.05) is 0 Å². The van der Waals surface area contributed by atoms with Crippen molar-refractivity contribution in [3.05, 3.63) is 24.3 Å². The summed E-state index contributed by atoms with van der Waals surface area (Å²) in [6, 6.07) is 5.48. The van der Waals surface area contributed by atoms with Gasteiger partial charge in [0.05, 0.1) is 12.9 Å². The number of ether oxygens (including phenoxy) is 1. The van der Waals surface area contributed by atoms with Gasteiger partial charge in [-0.05, 0) is 24.3 Å². The molecular weight excluding hydrogens is 270 g/mol. The van der Waals surface area contributed by atoms with Crippen LogP contribution in [0.2, 0.25) is 0 Å². The number of nitrogens with one attached hydrogen (secondary N) is 2. The third-order valence-electron chi connectivity index (χ3n) is 2.14. The molecule has 1 aromatic rings. The van der Waals surface area contributed by atoms with Crippen LogP contribution in [-0.2, 0) is 19.6 Å². The van der Waals surface area contributed by atoms with Crippen LogP contribution in [0.3, 0.4) is 0 Å². The van der Waals surface area contributed by atoms with Crippen LogP contribution in [0.1, 0.15) is 0 Å². The number of hydrogen-bond donors (Lipinski definition) is 3. The van der Waals surface area contributed by atoms with Crippen LogP contribution < -0.4 is 15.8 Å². The van der Waals surface area contributed by atoms with Crippen molar-refractivity contribution in [2.24, 2.45) is 5.73 Å². The van der Waals surface area contributed by atoms with Crippen molar-refractivity contribution in [3.63, 3.8) is 0 Å². The summed E-state index contributed by atoms with van der Waals surface area (Å²) >= 11 is 0. The Balaban J connectivity index is 2.64. The molecule has 8 heteroatoms. The van der Waals surface area contributed by atoms with Gasteiger partial charge in [-0.15, -0.1) is 0 Å². The first-order valence-corrected chi connectivity index (χ1v) is 7.34. The minimum absolute atomic E-state index is 0.125. The molecule has 19 heavy (non-hydrogen) atoms. The number of benzene rings is 1. The Morgan fingerprint density at radius 1 is 1.32 bits per heavy atom. The number of anilines is 2. The van der Waals surface area contributed by atoms with E-state index in [1.165, 1.54) is 7.11 Å². The van der Waals surface area contributed by atoms with Gasteiger partial charge >= 0.3 is 0 Å². The SMILES string of the molecule is COCC(N)C(=O)Nc1ccc(NS(C)(=O)=O)cc1. The van der Waals surface area contributed by atoms with Crippen molar-refractivity contribution in [1.82, 2.24) is 0 Å². The molecule has 0 saturated heterocycles. The lowest BCUT2D eigenvalue weighted by Crippen LogP contribution is -2.39. The summed E-state index contributed by atoms with van der Waals surface area (Å²) in [6.07, 6.45) is 1.06. The Morgan fingerprint density at radius 3 is 2.32 bits per heavy atom. The van der Waals surface area contributed by atoms with Gasteiger partial charge in [0.15, 0.2) is 0 Å². The van der Waals surface area contributed by atoms with Crippen LogP contribution in [0, 0.1) is 0 Å². The molecule has 1 amide bonds. The molecule has 1 atom stereocenters. The van der Waals surface area contributed by atoms with Crippen LogP contribution in [-0.4, -0.2) is 40.3 Å². The lowest BCUT2D eigenvalue weighted by Gasteiger charge is -2.11. The van der Waals surface area contributed by atoms with Gasteiger partial charge in [0.2, 0.25) is 15.9 Å². The molecule has 0 aliphatic heterocycles. The van der Waals surface area contributed by atoms with Gasteiger partial charge in [0, 0.05) is 18.5 Å². The van der Waals surface area contributed by atoms with Gasteiger partial charge in [0.25, 0.3) is 0 Å². The number of carbonyl (C=O) groups is 1. The van der Waals surface area contributed by atoms with Crippen molar-refractivity contribution in [1.29, 1.82) is 0 Å². The number of methoxy groups -OCH3 is 1. The van der Waals surface area contributed by atoms with Crippen molar-refractivity contribution in [3.8, 4) is 0 Å². The number of nitrogens with two attached hydrogens (primary N) is 1. The Bertz CT molecular complexity index is 527. The van der Waals surface area contributed by atoms with Crippen LogP contribution in [0.15, 0.2) is 24.3 Å². The first-order valence-electron chi connectivity index (χ1n) is 5.45. The maximum Gasteiger partial charge on any atom is 0.243 e. The monoisotopic (exact) mass is 287 g/mol. The van der Waals surface area contributed by atoms with Crippen molar-refractivity contribution >= 4 is 27.3 Å². The molecule has 0 spiro atoms. The summed E-state index contributed by atoms with van der Waals surface area (Å²) in [4.78, 5) is 11.6. The molecule has 106 valence electrons. The second-order valence-corrected chi connectivity index (χ2v) is 5.75. The zero-order chi connectivity index (χ0) is 14.5. The fourth-order valence-electron chi connectivity index (χ4n) is 1.33. The van der Waals surface area contributed by atoms with Crippen LogP contribution in [0.4, 0.5) is 11.4 Å². The third-order valence-corrected chi connectivity index (χ3v) is 2.75. The number of rotatable bonds is 6. The summed E-state index contributed by atoms with van der Waals surface area (Å²) in [5, 5.41) is 2.60. The topological polar surface area (TPSA) is 111 Å². The smallest absolute Gasteiger partial charge is 0.243 e. The van der Waals surface area contributed by atoms with E-state index in [1.54, 1.807) is 24.3 Å². The molecule has 0 heterocycles. The Hall–Kier alpha value is -1.64. The van der Waals surface area contributed by atoms with E-state index in [0.29, 0.717) is 11.4 Å². The van der Waals surface area contributed by atoms with Gasteiger partial charge in [0.1, 0.15) is 6.04 Å². The van der Waals surface area contributed by atoms with Crippen LogP contribution in [0.25, 0.3) is 0 Å². The molecular formula is C11H17N3O4S. The minimum Gasteiger partial charge on any atom is -0.383 e. The van der Waals surface area contributed by atoms with Crippen LogP contribution in [0.5, 0.6) is 0 Å². The average molecular weight is 287 g/mol. The van der Waals surface area contributed by atoms with Gasteiger partial charge in [-0.3, -0.25) is 9.52 Å². The number of carbonyl (C=O) groups excluding carboxylic acids is 1. The maximum atomic E-state index is 11.6. The standard InChI is InChI=1S/C11H17N3O4S/c1-18-7-10(12)11(15)13-8-3-5-9(6-4-8)14-19(2,16)17/h3-6,10,14H,7,12H2,1-2H3,(H,13,15). The molecule has 1 rings (SSSR count). The second-order valence-electron chi connectivity index (χ2n) is 4.00. The maximum absolute atomic E-state index is 11.6. The lowest BCUT2D eigenvalue weighted by molar-refractivity contribution is -0.118. The highest BCUT2D eigenvalue weighted by molar-refractivity contribution is 7.92. The lowest BCUT2D eigenvalue weighted by atomic mass is 10.2. The molecule has 0 aliphatic carbocycles. The van der Waals surface area contributed by atoms with E-state index in [0.717, 1.165) is 6.26 Å². The van der Waals surface area contributed by atoms with E-state index in [2.05, 4.69) is 10.0 Å². The van der Waals surface area contributed by atoms with Crippen molar-refractivity contribution < 1.29 is 17.9 Å². The Kier molecular flexibility index (Phi) is 5.28. The quantitative estimate of drug-likeness (QED) is 0.680. The van der Waals surface area contributed by atoms with E-state index in [9.17, 15) is 13.2 Å². The molecule has 0 fully saturated rings. The molecule has 0 saturated carbocycles. The summed E-state index contributed by atoms with van der Waals surface area (Å²) in [5.41, 5.74) is 6.50. The number of amides is 1. The predicted molar refractivity (Wildman–Crippen MR) is 73.4 cm³/mol. The second kappa shape index (κ2) is 6.50. The Morgan fingerprint density at radius 2 is 1.84 bits per heavy atom. The molecule has 0 bridgehead atoms. The summed E-state index contributed by atoms with van der Waals surface area (Å²) < 4.78 is 29.1. The first kappa shape index (κ1) is 15.4. The summed E-state index contributed by atoms with van der Waals surface area (Å²) in [6.45, 7) is 0.125. The van der Waals surface area contributed by atoms with Gasteiger partial charge in [-0.1, -0.05) is 0 Å². The van der Waals surface area contributed by atoms with Gasteiger partial charge in [-0.2, -0.15) is 0 Å². The minimum atomic E-state index is -3.31. The highest BCUT2D eigenvalue weighted by Gasteiger charge is 2.13. The fourth-order valence-corrected chi connectivity index (χ4v) is 1.89. The van der Waals surface area contributed by atoms with E-state index in [-0.39, 0.29) is 12.5 Å². The van der Waals surface area contributed by atoms with Gasteiger partial charge < -0.3 is 15.8 Å². The van der Waals surface area contributed by atoms with Crippen molar-refractivity contribution in [2.45, 2.75) is 6.04 Å². The molecule has 4 N–H and O–H groups in total. The molecule has 7 nitrogen and oxygen atoms in total. The summed E-state index contributed by atoms with van der Waals surface area (Å²) in [7, 11) is -1.85. The normalized spacial score (nSPS) is 12.8. The Labute approximate surface area is 112 Å². The molecule has 1 unspecified atom stereocenters. The van der Waals surface area contributed by atoms with Crippen LogP contribution >= 0.6 is 0 Å². The zero-order valence-corrected chi connectivity index (χ0v) is 11.5. The number of sulfonamides is 1. The van der Waals surface area contributed by atoms with Crippen molar-refractivity contribution in [2.75, 3.05) is 30.0 Å². The van der Waals surface area contributed by atoms with E-state index >= 15 is 0 Å². The molecule has 1 aromatic carbocycles. The largest absolute Gasteiger partial charge is 0.383 e. The predicted octanol–water partition coefficient (Wildman–Crippen LogP) is -0.0297. The fraction of sp³-hybridized carbons (Fsp3) is 0.364. The first-order chi connectivity index (χ1) is 8.81. The molecule has 0 aromatic heterocycles. The van der Waals surface area contributed by atoms with E-state index in [4.69, 9.17) is 10.5 Å². The zero-order valence-electron chi connectivity index (χ0n) is 10.7. The number of hydrogen-bond acceptors (Lipinski definition) is 5. The molecule has 0 radical (unpaired) electrons. The summed E-state index contributed by atoms with van der Waals surface area (Å²) in [5.74, 6) is -0.370.